The first-order valence-corrected chi connectivity index (χ1v) is 9.81. The summed E-state index contributed by atoms with van der Waals surface area (Å²) in [6, 6.07) is 4.29. The third-order valence-electron chi connectivity index (χ3n) is 3.68. The highest BCUT2D eigenvalue weighted by Gasteiger charge is 2.33. The number of rotatable bonds is 7. The van der Waals surface area contributed by atoms with E-state index in [9.17, 15) is 14.5 Å². The van der Waals surface area contributed by atoms with Crippen LogP contribution in [0, 0.1) is 4.91 Å². The number of hydrogen-bond acceptors (Lipinski definition) is 8. The number of halogens is 2. The van der Waals surface area contributed by atoms with E-state index in [-0.39, 0.29) is 40.2 Å². The number of aromatic nitrogens is 1. The number of nitrogens with zero attached hydrogens (tertiary/aromatic N) is 3. The van der Waals surface area contributed by atoms with Crippen molar-refractivity contribution in [3.05, 3.63) is 51.1 Å². The van der Waals surface area contributed by atoms with E-state index >= 15 is 0 Å². The van der Waals surface area contributed by atoms with Crippen LogP contribution >= 0.6 is 23.2 Å². The molecule has 0 saturated carbocycles. The molecule has 1 heterocycles. The number of anilines is 1. The molecule has 0 saturated heterocycles. The number of amides is 2. The number of pyridine rings is 1. The lowest BCUT2D eigenvalue weighted by molar-refractivity contribution is 0.0564. The van der Waals surface area contributed by atoms with Crippen LogP contribution < -0.4 is 14.4 Å². The topological polar surface area (TPSA) is 107 Å². The molecule has 11 heteroatoms. The fourth-order valence-electron chi connectivity index (χ4n) is 2.45. The Kier molecular flexibility index (Phi) is 8.18. The maximum Gasteiger partial charge on any atom is 0.422 e. The minimum atomic E-state index is -0.976. The highest BCUT2D eigenvalue weighted by Crippen LogP contribution is 2.36. The number of benzene rings is 1. The number of methoxy groups -OCH3 is 1. The molecule has 0 N–H and O–H groups in total. The van der Waals surface area contributed by atoms with Gasteiger partial charge in [-0.1, -0.05) is 28.4 Å². The van der Waals surface area contributed by atoms with E-state index in [1.165, 1.54) is 37.7 Å². The number of hydrogen-bond donors (Lipinski definition) is 0. The fraction of sp³-hybridized carbons (Fsp3) is 0.350. The van der Waals surface area contributed by atoms with Crippen molar-refractivity contribution in [2.24, 2.45) is 5.18 Å². The second kappa shape index (κ2) is 10.4. The van der Waals surface area contributed by atoms with Crippen molar-refractivity contribution < 1.29 is 23.8 Å². The Labute approximate surface area is 189 Å². The van der Waals surface area contributed by atoms with E-state index in [1.54, 1.807) is 20.8 Å². The van der Waals surface area contributed by atoms with Crippen molar-refractivity contribution in [2.75, 3.05) is 25.2 Å². The van der Waals surface area contributed by atoms with E-state index < -0.39 is 17.6 Å². The monoisotopic (exact) mass is 469 g/mol. The summed E-state index contributed by atoms with van der Waals surface area (Å²) in [5, 5.41) is 2.68. The van der Waals surface area contributed by atoms with Crippen LogP contribution in [-0.4, -0.2) is 42.8 Å². The van der Waals surface area contributed by atoms with E-state index in [0.717, 1.165) is 4.90 Å². The Morgan fingerprint density at radius 2 is 1.77 bits per heavy atom. The summed E-state index contributed by atoms with van der Waals surface area (Å²) in [5.41, 5.74) is -0.900. The van der Waals surface area contributed by atoms with Crippen LogP contribution in [0.1, 0.15) is 31.1 Å². The lowest BCUT2D eigenvalue weighted by Gasteiger charge is -2.27. The van der Waals surface area contributed by atoms with Crippen LogP contribution in [-0.2, 0) is 4.74 Å². The predicted octanol–water partition coefficient (Wildman–Crippen LogP) is 5.12. The third-order valence-corrected chi connectivity index (χ3v) is 4.23. The van der Waals surface area contributed by atoms with Gasteiger partial charge in [-0.05, 0) is 39.0 Å². The molecule has 0 aliphatic carbocycles. The summed E-state index contributed by atoms with van der Waals surface area (Å²) in [6.45, 7) is 4.86. The zero-order valence-electron chi connectivity index (χ0n) is 17.3. The predicted molar refractivity (Wildman–Crippen MR) is 116 cm³/mol. The van der Waals surface area contributed by atoms with Crippen LogP contribution in [0.5, 0.6) is 11.5 Å². The summed E-state index contributed by atoms with van der Waals surface area (Å²) in [4.78, 5) is 41.2. The molecule has 0 bridgehead atoms. The number of imide groups is 1. The largest absolute Gasteiger partial charge is 0.493 e. The summed E-state index contributed by atoms with van der Waals surface area (Å²) in [7, 11) is 1.42. The Morgan fingerprint density at radius 3 is 2.32 bits per heavy atom. The molecule has 2 amide bonds. The first-order valence-electron chi connectivity index (χ1n) is 9.05. The second-order valence-electron chi connectivity index (χ2n) is 7.14. The molecule has 2 rings (SSSR count). The summed E-state index contributed by atoms with van der Waals surface area (Å²) >= 11 is 12.4. The first-order chi connectivity index (χ1) is 14.6. The lowest BCUT2D eigenvalue weighted by atomic mass is 10.1. The smallest absolute Gasteiger partial charge is 0.422 e. The third kappa shape index (κ3) is 6.28. The van der Waals surface area contributed by atoms with Gasteiger partial charge in [-0.15, -0.1) is 0 Å². The number of carbonyl (C=O) groups excluding carboxylic acids is 2. The van der Waals surface area contributed by atoms with Gasteiger partial charge in [0.2, 0.25) is 0 Å². The minimum absolute atomic E-state index is 0.0186. The lowest BCUT2D eigenvalue weighted by Crippen LogP contribution is -2.41. The standard InChI is InChI=1S/C20H21Cl2N3O6/c1-20(2,3)31-19(27)25(17-13(21)10-23-11-14(17)22)18(26)12-5-6-15(29-4)16(9-12)30-8-7-24-28/h5-6,9-11H,7-8H2,1-4H3. The maximum atomic E-state index is 13.4. The van der Waals surface area contributed by atoms with Crippen molar-refractivity contribution in [1.29, 1.82) is 0 Å². The minimum Gasteiger partial charge on any atom is -0.493 e. The molecule has 1 aromatic carbocycles. The zero-order valence-corrected chi connectivity index (χ0v) is 18.9. The molecular weight excluding hydrogens is 449 g/mol. The average molecular weight is 470 g/mol. The number of ether oxygens (including phenoxy) is 3. The Balaban J connectivity index is 2.53. The molecule has 0 aliphatic rings. The number of carbonyl (C=O) groups is 2. The Hall–Kier alpha value is -2.91. The SMILES string of the molecule is COc1ccc(C(=O)N(C(=O)OC(C)(C)C)c2c(Cl)cncc2Cl)cc1OCCN=O. The van der Waals surface area contributed by atoms with Gasteiger partial charge >= 0.3 is 6.09 Å². The quantitative estimate of drug-likeness (QED) is 0.408. The van der Waals surface area contributed by atoms with Crippen LogP contribution in [0.2, 0.25) is 10.0 Å². The summed E-state index contributed by atoms with van der Waals surface area (Å²) < 4.78 is 16.1. The molecule has 1 aromatic heterocycles. The Morgan fingerprint density at radius 1 is 1.13 bits per heavy atom. The van der Waals surface area contributed by atoms with Crippen molar-refractivity contribution in [1.82, 2.24) is 4.98 Å². The van der Waals surface area contributed by atoms with Gasteiger partial charge < -0.3 is 14.2 Å². The fourth-order valence-corrected chi connectivity index (χ4v) is 2.98. The molecule has 0 spiro atoms. The molecule has 0 radical (unpaired) electrons. The van der Waals surface area contributed by atoms with E-state index in [1.807, 2.05) is 0 Å². The summed E-state index contributed by atoms with van der Waals surface area (Å²) in [5.74, 6) is -0.260. The second-order valence-corrected chi connectivity index (χ2v) is 7.95. The molecule has 166 valence electrons. The van der Waals surface area contributed by atoms with Crippen molar-refractivity contribution in [2.45, 2.75) is 26.4 Å². The molecule has 0 unspecified atom stereocenters. The van der Waals surface area contributed by atoms with E-state index in [0.29, 0.717) is 5.75 Å². The molecule has 31 heavy (non-hydrogen) atoms. The van der Waals surface area contributed by atoms with Gasteiger partial charge in [-0.25, -0.2) is 9.69 Å². The van der Waals surface area contributed by atoms with Crippen LogP contribution in [0.25, 0.3) is 0 Å². The molecule has 9 nitrogen and oxygen atoms in total. The zero-order chi connectivity index (χ0) is 23.2. The molecule has 0 fully saturated rings. The normalized spacial score (nSPS) is 10.9. The Bertz CT molecular complexity index is 958. The first kappa shape index (κ1) is 24.4. The van der Waals surface area contributed by atoms with Gasteiger partial charge in [0.05, 0.1) is 22.8 Å². The van der Waals surface area contributed by atoms with Crippen molar-refractivity contribution in [3.63, 3.8) is 0 Å². The van der Waals surface area contributed by atoms with Gasteiger partial charge in [0.15, 0.2) is 11.5 Å². The molecule has 0 aliphatic heterocycles. The van der Waals surface area contributed by atoms with Gasteiger partial charge in [0, 0.05) is 18.0 Å². The summed E-state index contributed by atoms with van der Waals surface area (Å²) in [6.07, 6.45) is 1.53. The molecular formula is C20H21Cl2N3O6. The highest BCUT2D eigenvalue weighted by molar-refractivity contribution is 6.41. The van der Waals surface area contributed by atoms with Crippen LogP contribution in [0.3, 0.4) is 0 Å². The highest BCUT2D eigenvalue weighted by atomic mass is 35.5. The van der Waals surface area contributed by atoms with E-state index in [4.69, 9.17) is 37.4 Å². The van der Waals surface area contributed by atoms with Crippen LogP contribution in [0.15, 0.2) is 35.8 Å². The average Bonchev–Trinajstić information content (AvgIpc) is 2.69. The van der Waals surface area contributed by atoms with Crippen molar-refractivity contribution in [3.8, 4) is 11.5 Å². The number of nitroso groups, excluding NO2 is 1. The van der Waals surface area contributed by atoms with Gasteiger partial charge in [0.25, 0.3) is 5.91 Å². The van der Waals surface area contributed by atoms with Gasteiger partial charge in [-0.3, -0.25) is 9.78 Å². The van der Waals surface area contributed by atoms with Gasteiger partial charge in [0.1, 0.15) is 18.8 Å². The van der Waals surface area contributed by atoms with Gasteiger partial charge in [-0.2, -0.15) is 4.91 Å². The van der Waals surface area contributed by atoms with Crippen molar-refractivity contribution >= 4 is 40.9 Å². The van der Waals surface area contributed by atoms with E-state index in [2.05, 4.69) is 10.2 Å². The molecule has 0 atom stereocenters. The maximum absolute atomic E-state index is 13.4. The van der Waals surface area contributed by atoms with Crippen LogP contribution in [0.4, 0.5) is 10.5 Å². The molecule has 2 aromatic rings.